The van der Waals surface area contributed by atoms with Crippen LogP contribution in [0, 0.1) is 5.82 Å². The SMILES string of the molecule is CCn1nc(C(=O)N2CC[C@@H](N(C)C)C2)cc1-c1cccc(F)c1. The van der Waals surface area contributed by atoms with Crippen LogP contribution in [-0.2, 0) is 6.54 Å². The van der Waals surface area contributed by atoms with E-state index < -0.39 is 0 Å². The number of aryl methyl sites for hydroxylation is 1. The van der Waals surface area contributed by atoms with Gasteiger partial charge in [0.25, 0.3) is 5.91 Å². The van der Waals surface area contributed by atoms with Crippen molar-refractivity contribution in [2.45, 2.75) is 25.9 Å². The maximum Gasteiger partial charge on any atom is 0.274 e. The molecule has 1 amide bonds. The zero-order valence-corrected chi connectivity index (χ0v) is 14.4. The van der Waals surface area contributed by atoms with Gasteiger partial charge in [0.15, 0.2) is 5.69 Å². The second-order valence-electron chi connectivity index (χ2n) is 6.40. The first-order valence-corrected chi connectivity index (χ1v) is 8.29. The predicted molar refractivity (Wildman–Crippen MR) is 91.3 cm³/mol. The van der Waals surface area contributed by atoms with Gasteiger partial charge in [-0.3, -0.25) is 9.48 Å². The molecule has 0 aliphatic carbocycles. The van der Waals surface area contributed by atoms with Crippen molar-refractivity contribution in [2.24, 2.45) is 0 Å². The van der Waals surface area contributed by atoms with Crippen molar-refractivity contribution in [1.29, 1.82) is 0 Å². The standard InChI is InChI=1S/C18H23FN4O/c1-4-23-17(13-6-5-7-14(19)10-13)11-16(20-23)18(24)22-9-8-15(12-22)21(2)3/h5-7,10-11,15H,4,8-9,12H2,1-3H3/t15-/m1/s1. The van der Waals surface area contributed by atoms with Crippen LogP contribution in [0.25, 0.3) is 11.3 Å². The fourth-order valence-corrected chi connectivity index (χ4v) is 3.15. The van der Waals surface area contributed by atoms with Crippen LogP contribution in [0.3, 0.4) is 0 Å². The molecule has 24 heavy (non-hydrogen) atoms. The van der Waals surface area contributed by atoms with E-state index in [0.29, 0.717) is 18.3 Å². The van der Waals surface area contributed by atoms with Gasteiger partial charge in [-0.1, -0.05) is 12.1 Å². The minimum Gasteiger partial charge on any atom is -0.336 e. The molecule has 1 aliphatic heterocycles. The average molecular weight is 330 g/mol. The summed E-state index contributed by atoms with van der Waals surface area (Å²) in [5, 5.41) is 4.44. The van der Waals surface area contributed by atoms with Crippen molar-refractivity contribution in [1.82, 2.24) is 19.6 Å². The van der Waals surface area contributed by atoms with Crippen LogP contribution < -0.4 is 0 Å². The van der Waals surface area contributed by atoms with Crippen molar-refractivity contribution in [3.05, 3.63) is 41.8 Å². The normalized spacial score (nSPS) is 17.7. The summed E-state index contributed by atoms with van der Waals surface area (Å²) in [5.41, 5.74) is 1.93. The smallest absolute Gasteiger partial charge is 0.274 e. The van der Waals surface area contributed by atoms with Crippen molar-refractivity contribution in [3.63, 3.8) is 0 Å². The molecule has 5 nitrogen and oxygen atoms in total. The number of amides is 1. The first-order valence-electron chi connectivity index (χ1n) is 8.29. The molecule has 6 heteroatoms. The predicted octanol–water partition coefficient (Wildman–Crippen LogP) is 2.49. The van der Waals surface area contributed by atoms with Crippen LogP contribution in [0.15, 0.2) is 30.3 Å². The number of carbonyl (C=O) groups excluding carboxylic acids is 1. The molecule has 3 rings (SSSR count). The van der Waals surface area contributed by atoms with E-state index in [0.717, 1.165) is 30.8 Å². The Bertz CT molecular complexity index is 740. The summed E-state index contributed by atoms with van der Waals surface area (Å²) < 4.78 is 15.3. The number of hydrogen-bond acceptors (Lipinski definition) is 3. The molecule has 0 unspecified atom stereocenters. The highest BCUT2D eigenvalue weighted by Crippen LogP contribution is 2.23. The topological polar surface area (TPSA) is 41.4 Å². The third-order valence-corrected chi connectivity index (χ3v) is 4.60. The zero-order valence-electron chi connectivity index (χ0n) is 14.4. The molecule has 0 radical (unpaired) electrons. The van der Waals surface area contributed by atoms with Gasteiger partial charge >= 0.3 is 0 Å². The summed E-state index contributed by atoms with van der Waals surface area (Å²) in [6, 6.07) is 8.54. The van der Waals surface area contributed by atoms with Crippen LogP contribution in [0.2, 0.25) is 0 Å². The lowest BCUT2D eigenvalue weighted by Gasteiger charge is -2.19. The zero-order chi connectivity index (χ0) is 17.3. The Hall–Kier alpha value is -2.21. The maximum atomic E-state index is 13.5. The van der Waals surface area contributed by atoms with Gasteiger partial charge in [0.05, 0.1) is 5.69 Å². The molecule has 1 aromatic heterocycles. The fraction of sp³-hybridized carbons (Fsp3) is 0.444. The molecule has 128 valence electrons. The number of aromatic nitrogens is 2. The van der Waals surface area contributed by atoms with Crippen LogP contribution in [0.4, 0.5) is 4.39 Å². The highest BCUT2D eigenvalue weighted by molar-refractivity contribution is 5.93. The van der Waals surface area contributed by atoms with Gasteiger partial charge in [0.2, 0.25) is 0 Å². The molecule has 1 saturated heterocycles. The molecule has 2 aromatic rings. The quantitative estimate of drug-likeness (QED) is 0.865. The Morgan fingerprint density at radius 1 is 1.38 bits per heavy atom. The lowest BCUT2D eigenvalue weighted by atomic mass is 10.1. The summed E-state index contributed by atoms with van der Waals surface area (Å²) in [5.74, 6) is -0.346. The molecule has 0 bridgehead atoms. The van der Waals surface area contributed by atoms with Crippen LogP contribution >= 0.6 is 0 Å². The summed E-state index contributed by atoms with van der Waals surface area (Å²) >= 11 is 0. The first kappa shape index (κ1) is 16.6. The van der Waals surface area contributed by atoms with Crippen molar-refractivity contribution < 1.29 is 9.18 Å². The van der Waals surface area contributed by atoms with Crippen molar-refractivity contribution in [2.75, 3.05) is 27.2 Å². The number of halogens is 1. The minimum atomic E-state index is -0.294. The Morgan fingerprint density at radius 3 is 2.79 bits per heavy atom. The molecule has 2 heterocycles. The van der Waals surface area contributed by atoms with Gasteiger partial charge in [-0.2, -0.15) is 5.10 Å². The van der Waals surface area contributed by atoms with Crippen LogP contribution in [-0.4, -0.2) is 58.7 Å². The second-order valence-corrected chi connectivity index (χ2v) is 6.40. The minimum absolute atomic E-state index is 0.0517. The van der Waals surface area contributed by atoms with Gasteiger partial charge in [-0.15, -0.1) is 0 Å². The number of nitrogens with zero attached hydrogens (tertiary/aromatic N) is 4. The second kappa shape index (κ2) is 6.73. The van der Waals surface area contributed by atoms with Gasteiger partial charge in [0.1, 0.15) is 5.82 Å². The van der Waals surface area contributed by atoms with E-state index in [4.69, 9.17) is 0 Å². The summed E-state index contributed by atoms with van der Waals surface area (Å²) in [4.78, 5) is 16.8. The molecule has 0 N–H and O–H groups in total. The molecule has 1 atom stereocenters. The maximum absolute atomic E-state index is 13.5. The summed E-state index contributed by atoms with van der Waals surface area (Å²) in [7, 11) is 4.07. The number of likely N-dealkylation sites (N-methyl/N-ethyl adjacent to an activating group) is 1. The monoisotopic (exact) mass is 330 g/mol. The lowest BCUT2D eigenvalue weighted by molar-refractivity contribution is 0.0776. The van der Waals surface area contributed by atoms with E-state index in [1.165, 1.54) is 12.1 Å². The molecule has 1 aliphatic rings. The average Bonchev–Trinajstić information content (AvgIpc) is 3.21. The Morgan fingerprint density at radius 2 is 2.17 bits per heavy atom. The van der Waals surface area contributed by atoms with E-state index in [9.17, 15) is 9.18 Å². The van der Waals surface area contributed by atoms with Gasteiger partial charge in [-0.25, -0.2) is 4.39 Å². The highest BCUT2D eigenvalue weighted by Gasteiger charge is 2.29. The number of hydrogen-bond donors (Lipinski definition) is 0. The number of likely N-dealkylation sites (tertiary alicyclic amines) is 1. The van der Waals surface area contributed by atoms with Gasteiger partial charge < -0.3 is 9.80 Å². The Balaban J connectivity index is 1.86. The summed E-state index contributed by atoms with van der Waals surface area (Å²) in [6.45, 7) is 4.05. The molecule has 1 fully saturated rings. The van der Waals surface area contributed by atoms with Crippen molar-refractivity contribution >= 4 is 5.91 Å². The van der Waals surface area contributed by atoms with E-state index >= 15 is 0 Å². The van der Waals surface area contributed by atoms with Crippen LogP contribution in [0.1, 0.15) is 23.8 Å². The van der Waals surface area contributed by atoms with Gasteiger partial charge in [0, 0.05) is 31.2 Å². The first-order chi connectivity index (χ1) is 11.5. The third-order valence-electron chi connectivity index (χ3n) is 4.60. The highest BCUT2D eigenvalue weighted by atomic mass is 19.1. The van der Waals surface area contributed by atoms with E-state index in [2.05, 4.69) is 10.00 Å². The van der Waals surface area contributed by atoms with Gasteiger partial charge in [-0.05, 0) is 45.6 Å². The van der Waals surface area contributed by atoms with Crippen LogP contribution in [0.5, 0.6) is 0 Å². The molecular weight excluding hydrogens is 307 g/mol. The van der Waals surface area contributed by atoms with E-state index in [-0.39, 0.29) is 11.7 Å². The third kappa shape index (κ3) is 3.19. The molecule has 0 spiro atoms. The lowest BCUT2D eigenvalue weighted by Crippen LogP contribution is -2.34. The number of benzene rings is 1. The fourth-order valence-electron chi connectivity index (χ4n) is 3.15. The number of rotatable bonds is 4. The van der Waals surface area contributed by atoms with E-state index in [1.807, 2.05) is 32.0 Å². The molecule has 0 saturated carbocycles. The molecule has 1 aromatic carbocycles. The summed E-state index contributed by atoms with van der Waals surface area (Å²) in [6.07, 6.45) is 0.976. The van der Waals surface area contributed by atoms with E-state index in [1.54, 1.807) is 16.8 Å². The Kier molecular flexibility index (Phi) is 4.66. The Labute approximate surface area is 141 Å². The molecular formula is C18H23FN4O. The van der Waals surface area contributed by atoms with Crippen molar-refractivity contribution in [3.8, 4) is 11.3 Å². The largest absolute Gasteiger partial charge is 0.336 e. The number of carbonyl (C=O) groups is 1.